The van der Waals surface area contributed by atoms with Crippen molar-refractivity contribution in [1.82, 2.24) is 14.9 Å². The lowest BCUT2D eigenvalue weighted by atomic mass is 9.97. The van der Waals surface area contributed by atoms with Crippen LogP contribution in [0.1, 0.15) is 45.3 Å². The van der Waals surface area contributed by atoms with Crippen molar-refractivity contribution in [3.63, 3.8) is 0 Å². The predicted molar refractivity (Wildman–Crippen MR) is 143 cm³/mol. The summed E-state index contributed by atoms with van der Waals surface area (Å²) in [6, 6.07) is 17.6. The van der Waals surface area contributed by atoms with Crippen LogP contribution in [0.15, 0.2) is 72.4 Å². The van der Waals surface area contributed by atoms with E-state index in [1.807, 2.05) is 59.5 Å². The molecule has 2 aromatic heterocycles. The number of hydrogen-bond acceptors (Lipinski definition) is 6. The van der Waals surface area contributed by atoms with Crippen LogP contribution in [0.25, 0.3) is 11.3 Å². The van der Waals surface area contributed by atoms with Crippen molar-refractivity contribution in [2.75, 3.05) is 26.3 Å². The third kappa shape index (κ3) is 5.20. The summed E-state index contributed by atoms with van der Waals surface area (Å²) in [5.74, 6) is 8.15. The average Bonchev–Trinajstić information content (AvgIpc) is 3.47. The number of thiazole rings is 1. The lowest BCUT2D eigenvalue weighted by Gasteiger charge is -2.31. The molecule has 184 valence electrons. The summed E-state index contributed by atoms with van der Waals surface area (Å²) in [6.07, 6.45) is 5.10. The topological polar surface area (TPSA) is 64.6 Å². The molecule has 6 nitrogen and oxygen atoms in total. The molecule has 0 aliphatic carbocycles. The molecule has 0 saturated carbocycles. The first-order valence-electron chi connectivity index (χ1n) is 12.4. The minimum absolute atomic E-state index is 0.00502. The molecule has 1 fully saturated rings. The van der Waals surface area contributed by atoms with E-state index in [2.05, 4.69) is 22.2 Å². The number of nitrogens with zero attached hydrogens (tertiary/aromatic N) is 3. The van der Waals surface area contributed by atoms with Gasteiger partial charge in [0.25, 0.3) is 5.91 Å². The van der Waals surface area contributed by atoms with Gasteiger partial charge in [-0.3, -0.25) is 9.78 Å². The molecule has 0 spiro atoms. The zero-order valence-electron chi connectivity index (χ0n) is 20.2. The van der Waals surface area contributed by atoms with Crippen LogP contribution < -0.4 is 9.47 Å². The summed E-state index contributed by atoms with van der Waals surface area (Å²) in [5, 5.41) is 3.23. The maximum absolute atomic E-state index is 13.2. The summed E-state index contributed by atoms with van der Waals surface area (Å²) in [4.78, 5) is 24.3. The van der Waals surface area contributed by atoms with Gasteiger partial charge in [-0.15, -0.1) is 11.3 Å². The normalized spacial score (nSPS) is 15.1. The molecule has 0 unspecified atom stereocenters. The summed E-state index contributed by atoms with van der Waals surface area (Å²) < 4.78 is 11.3. The largest absolute Gasteiger partial charge is 0.486 e. The number of fused-ring (bicyclic) bond motifs is 1. The highest BCUT2D eigenvalue weighted by Gasteiger charge is 2.27. The molecule has 0 atom stereocenters. The standard InChI is InChI=1S/C30H25N3O3S/c34-30(25-16-22(18-31-19-25)7-6-21-4-2-1-3-5-21)33-12-10-23(11-13-33)29-32-26(20-37-29)24-8-9-27-28(17-24)36-15-14-35-27/h1-5,8-9,16-20,23H,10-15H2. The van der Waals surface area contributed by atoms with Gasteiger partial charge in [0.05, 0.1) is 16.3 Å². The molecule has 2 aromatic carbocycles. The first-order valence-corrected chi connectivity index (χ1v) is 13.3. The fraction of sp³-hybridized carbons (Fsp3) is 0.233. The van der Waals surface area contributed by atoms with Crippen molar-refractivity contribution in [3.8, 4) is 34.6 Å². The lowest BCUT2D eigenvalue weighted by Crippen LogP contribution is -2.38. The predicted octanol–water partition coefficient (Wildman–Crippen LogP) is 5.40. The monoisotopic (exact) mass is 507 g/mol. The van der Waals surface area contributed by atoms with Gasteiger partial charge in [0, 0.05) is 53.5 Å². The Morgan fingerprint density at radius 2 is 1.70 bits per heavy atom. The van der Waals surface area contributed by atoms with E-state index in [-0.39, 0.29) is 5.91 Å². The summed E-state index contributed by atoms with van der Waals surface area (Å²) in [5.41, 5.74) is 4.23. The zero-order chi connectivity index (χ0) is 25.0. The SMILES string of the molecule is O=C(c1cncc(C#Cc2ccccc2)c1)N1CCC(c2nc(-c3ccc4c(c3)OCCO4)cs2)CC1. The van der Waals surface area contributed by atoms with E-state index in [1.54, 1.807) is 23.7 Å². The molecule has 1 saturated heterocycles. The van der Waals surface area contributed by atoms with Crippen molar-refractivity contribution in [2.24, 2.45) is 0 Å². The summed E-state index contributed by atoms with van der Waals surface area (Å²) >= 11 is 1.69. The second kappa shape index (κ2) is 10.5. The number of pyridine rings is 1. The number of rotatable bonds is 3. The van der Waals surface area contributed by atoms with Crippen LogP contribution in [0.4, 0.5) is 0 Å². The second-order valence-electron chi connectivity index (χ2n) is 9.07. The highest BCUT2D eigenvalue weighted by Crippen LogP contribution is 2.37. The fourth-order valence-corrected chi connectivity index (χ4v) is 5.61. The maximum atomic E-state index is 13.2. The van der Waals surface area contributed by atoms with Gasteiger partial charge in [-0.2, -0.15) is 0 Å². The quantitative estimate of drug-likeness (QED) is 0.348. The third-order valence-corrected chi connectivity index (χ3v) is 7.61. The molecule has 6 rings (SSSR count). The van der Waals surface area contributed by atoms with Gasteiger partial charge < -0.3 is 14.4 Å². The van der Waals surface area contributed by atoms with Crippen molar-refractivity contribution in [2.45, 2.75) is 18.8 Å². The molecule has 7 heteroatoms. The van der Waals surface area contributed by atoms with E-state index >= 15 is 0 Å². The van der Waals surface area contributed by atoms with E-state index in [9.17, 15) is 4.79 Å². The lowest BCUT2D eigenvalue weighted by molar-refractivity contribution is 0.0712. The summed E-state index contributed by atoms with van der Waals surface area (Å²) in [7, 11) is 0. The highest BCUT2D eigenvalue weighted by molar-refractivity contribution is 7.10. The van der Waals surface area contributed by atoms with Crippen molar-refractivity contribution in [1.29, 1.82) is 0 Å². The Kier molecular flexibility index (Phi) is 6.57. The molecular weight excluding hydrogens is 482 g/mol. The Hall–Kier alpha value is -4.15. The van der Waals surface area contributed by atoms with Crippen LogP contribution in [0.3, 0.4) is 0 Å². The number of likely N-dealkylation sites (tertiary alicyclic amines) is 1. The van der Waals surface area contributed by atoms with Crippen LogP contribution >= 0.6 is 11.3 Å². The molecule has 0 radical (unpaired) electrons. The van der Waals surface area contributed by atoms with Crippen LogP contribution in [-0.4, -0.2) is 47.1 Å². The molecule has 4 heterocycles. The summed E-state index contributed by atoms with van der Waals surface area (Å²) in [6.45, 7) is 2.54. The van der Waals surface area contributed by atoms with Crippen LogP contribution in [-0.2, 0) is 0 Å². The third-order valence-electron chi connectivity index (χ3n) is 6.60. The minimum atomic E-state index is 0.00502. The number of piperidine rings is 1. The van der Waals surface area contributed by atoms with Gasteiger partial charge >= 0.3 is 0 Å². The van der Waals surface area contributed by atoms with Gasteiger partial charge in [-0.25, -0.2) is 4.98 Å². The van der Waals surface area contributed by atoms with E-state index in [4.69, 9.17) is 14.5 Å². The molecule has 4 aromatic rings. The van der Waals surface area contributed by atoms with Gasteiger partial charge in [0.2, 0.25) is 0 Å². The fourth-order valence-electron chi connectivity index (χ4n) is 4.61. The van der Waals surface area contributed by atoms with Gasteiger partial charge in [-0.05, 0) is 49.2 Å². The molecule has 0 bridgehead atoms. The van der Waals surface area contributed by atoms with Crippen LogP contribution in [0, 0.1) is 11.8 Å². The molecule has 2 aliphatic rings. The van der Waals surface area contributed by atoms with Crippen molar-refractivity contribution in [3.05, 3.63) is 94.1 Å². The number of hydrogen-bond donors (Lipinski definition) is 0. The Morgan fingerprint density at radius 1 is 0.919 bits per heavy atom. The highest BCUT2D eigenvalue weighted by atomic mass is 32.1. The zero-order valence-corrected chi connectivity index (χ0v) is 21.0. The Morgan fingerprint density at radius 3 is 2.54 bits per heavy atom. The van der Waals surface area contributed by atoms with Gasteiger partial charge in [0.1, 0.15) is 13.2 Å². The van der Waals surface area contributed by atoms with Gasteiger partial charge in [0.15, 0.2) is 11.5 Å². The number of carbonyl (C=O) groups excluding carboxylic acids is 1. The van der Waals surface area contributed by atoms with E-state index in [0.717, 1.165) is 51.7 Å². The van der Waals surface area contributed by atoms with Crippen LogP contribution in [0.5, 0.6) is 11.5 Å². The van der Waals surface area contributed by atoms with Crippen molar-refractivity contribution < 1.29 is 14.3 Å². The molecule has 2 aliphatic heterocycles. The van der Waals surface area contributed by atoms with Crippen LogP contribution in [0.2, 0.25) is 0 Å². The minimum Gasteiger partial charge on any atom is -0.486 e. The molecular formula is C30H25N3O3S. The second-order valence-corrected chi connectivity index (χ2v) is 9.96. The molecule has 37 heavy (non-hydrogen) atoms. The Labute approximate surface area is 219 Å². The van der Waals surface area contributed by atoms with E-state index < -0.39 is 0 Å². The Bertz CT molecular complexity index is 1480. The van der Waals surface area contributed by atoms with Crippen molar-refractivity contribution >= 4 is 17.2 Å². The average molecular weight is 508 g/mol. The first kappa shape index (κ1) is 23.3. The number of ether oxygens (including phenoxy) is 2. The molecule has 0 N–H and O–H groups in total. The number of amides is 1. The smallest absolute Gasteiger partial charge is 0.255 e. The number of benzene rings is 2. The maximum Gasteiger partial charge on any atom is 0.255 e. The van der Waals surface area contributed by atoms with E-state index in [1.165, 1.54) is 0 Å². The van der Waals surface area contributed by atoms with Gasteiger partial charge in [-0.1, -0.05) is 30.0 Å². The van der Waals surface area contributed by atoms with E-state index in [0.29, 0.717) is 37.8 Å². The Balaban J connectivity index is 1.09. The molecule has 1 amide bonds. The number of aromatic nitrogens is 2. The number of carbonyl (C=O) groups is 1. The first-order chi connectivity index (χ1) is 18.2.